The number of halogens is 1. The molecule has 0 aromatic heterocycles. The van der Waals surface area contributed by atoms with Gasteiger partial charge in [-0.1, -0.05) is 17.7 Å². The highest BCUT2D eigenvalue weighted by Gasteiger charge is 2.25. The average molecular weight is 269 g/mol. The highest BCUT2D eigenvalue weighted by atomic mass is 35.5. The average Bonchev–Trinajstić information content (AvgIpc) is 2.30. The van der Waals surface area contributed by atoms with Gasteiger partial charge in [0, 0.05) is 13.1 Å². The minimum atomic E-state index is 0.288. The van der Waals surface area contributed by atoms with E-state index in [-0.39, 0.29) is 6.10 Å². The number of aryl methyl sites for hydroxylation is 1. The van der Waals surface area contributed by atoms with Crippen molar-refractivity contribution in [2.75, 3.05) is 26.7 Å². The van der Waals surface area contributed by atoms with E-state index in [4.69, 9.17) is 22.1 Å². The zero-order valence-electron chi connectivity index (χ0n) is 10.9. The molecule has 1 aliphatic heterocycles. The summed E-state index contributed by atoms with van der Waals surface area (Å²) in [5.74, 6) is 0.803. The van der Waals surface area contributed by atoms with E-state index < -0.39 is 0 Å². The summed E-state index contributed by atoms with van der Waals surface area (Å²) in [4.78, 5) is 2.22. The second-order valence-electron chi connectivity index (χ2n) is 4.97. The van der Waals surface area contributed by atoms with Crippen molar-refractivity contribution >= 4 is 11.6 Å². The first kappa shape index (κ1) is 13.7. The molecule has 2 rings (SSSR count). The van der Waals surface area contributed by atoms with Crippen LogP contribution in [0.25, 0.3) is 0 Å². The SMILES string of the molecule is CN1CC(Oc2ccc(CCCCN)cc2Cl)C1. The van der Waals surface area contributed by atoms with Gasteiger partial charge in [0.25, 0.3) is 0 Å². The predicted octanol–water partition coefficient (Wildman–Crippen LogP) is 2.31. The van der Waals surface area contributed by atoms with Crippen LogP contribution in [0.2, 0.25) is 5.02 Å². The molecule has 1 heterocycles. The van der Waals surface area contributed by atoms with Crippen molar-refractivity contribution in [2.24, 2.45) is 5.73 Å². The van der Waals surface area contributed by atoms with Crippen LogP contribution < -0.4 is 10.5 Å². The van der Waals surface area contributed by atoms with Gasteiger partial charge in [-0.25, -0.2) is 0 Å². The second kappa shape index (κ2) is 6.41. The predicted molar refractivity (Wildman–Crippen MR) is 75.4 cm³/mol. The van der Waals surface area contributed by atoms with Crippen molar-refractivity contribution in [1.29, 1.82) is 0 Å². The Labute approximate surface area is 114 Å². The lowest BCUT2D eigenvalue weighted by Crippen LogP contribution is -2.51. The molecule has 2 N–H and O–H groups in total. The van der Waals surface area contributed by atoms with Gasteiger partial charge in [0.2, 0.25) is 0 Å². The van der Waals surface area contributed by atoms with Gasteiger partial charge < -0.3 is 10.5 Å². The lowest BCUT2D eigenvalue weighted by Gasteiger charge is -2.36. The number of benzene rings is 1. The van der Waals surface area contributed by atoms with Crippen LogP contribution in [-0.4, -0.2) is 37.7 Å². The number of rotatable bonds is 6. The Bertz CT molecular complexity index is 391. The maximum Gasteiger partial charge on any atom is 0.138 e. The molecule has 100 valence electrons. The van der Waals surface area contributed by atoms with Crippen molar-refractivity contribution in [3.63, 3.8) is 0 Å². The molecule has 1 aromatic carbocycles. The summed E-state index contributed by atoms with van der Waals surface area (Å²) in [6.07, 6.45) is 3.49. The van der Waals surface area contributed by atoms with Gasteiger partial charge in [-0.3, -0.25) is 4.90 Å². The summed E-state index contributed by atoms with van der Waals surface area (Å²) in [7, 11) is 2.09. The fourth-order valence-electron chi connectivity index (χ4n) is 2.16. The van der Waals surface area contributed by atoms with Crippen LogP contribution in [0.1, 0.15) is 18.4 Å². The van der Waals surface area contributed by atoms with Crippen LogP contribution >= 0.6 is 11.6 Å². The maximum atomic E-state index is 6.24. The fraction of sp³-hybridized carbons (Fsp3) is 0.571. The number of likely N-dealkylation sites (N-methyl/N-ethyl adjacent to an activating group) is 1. The molecule has 0 spiro atoms. The van der Waals surface area contributed by atoms with Gasteiger partial charge in [-0.2, -0.15) is 0 Å². The van der Waals surface area contributed by atoms with E-state index >= 15 is 0 Å². The summed E-state index contributed by atoms with van der Waals surface area (Å²) in [6, 6.07) is 6.09. The van der Waals surface area contributed by atoms with E-state index in [9.17, 15) is 0 Å². The number of unbranched alkanes of at least 4 members (excludes halogenated alkanes) is 1. The van der Waals surface area contributed by atoms with Crippen molar-refractivity contribution in [3.8, 4) is 5.75 Å². The topological polar surface area (TPSA) is 38.5 Å². The molecule has 4 heteroatoms. The Kier molecular flexibility index (Phi) is 4.87. The van der Waals surface area contributed by atoms with Crippen LogP contribution in [-0.2, 0) is 6.42 Å². The molecular formula is C14H21ClN2O. The summed E-state index contributed by atoms with van der Waals surface area (Å²) in [6.45, 7) is 2.72. The summed E-state index contributed by atoms with van der Waals surface area (Å²) in [5.41, 5.74) is 6.74. The first-order chi connectivity index (χ1) is 8.69. The largest absolute Gasteiger partial charge is 0.486 e. The molecule has 0 amide bonds. The monoisotopic (exact) mass is 268 g/mol. The molecule has 0 aliphatic carbocycles. The van der Waals surface area contributed by atoms with Crippen molar-refractivity contribution < 1.29 is 4.74 Å². The van der Waals surface area contributed by atoms with Crippen LogP contribution in [0, 0.1) is 0 Å². The Balaban J connectivity index is 1.88. The van der Waals surface area contributed by atoms with Gasteiger partial charge in [0.1, 0.15) is 11.9 Å². The number of nitrogens with two attached hydrogens (primary N) is 1. The van der Waals surface area contributed by atoms with E-state index in [1.807, 2.05) is 12.1 Å². The molecule has 18 heavy (non-hydrogen) atoms. The molecule has 1 fully saturated rings. The molecule has 3 nitrogen and oxygen atoms in total. The molecule has 0 atom stereocenters. The fourth-order valence-corrected chi connectivity index (χ4v) is 2.41. The Morgan fingerprint density at radius 3 is 2.78 bits per heavy atom. The Morgan fingerprint density at radius 1 is 1.39 bits per heavy atom. The van der Waals surface area contributed by atoms with E-state index in [1.54, 1.807) is 0 Å². The zero-order chi connectivity index (χ0) is 13.0. The van der Waals surface area contributed by atoms with E-state index in [2.05, 4.69) is 18.0 Å². The number of hydrogen-bond acceptors (Lipinski definition) is 3. The van der Waals surface area contributed by atoms with Crippen LogP contribution in [0.3, 0.4) is 0 Å². The third kappa shape index (κ3) is 3.61. The van der Waals surface area contributed by atoms with Gasteiger partial charge in [0.15, 0.2) is 0 Å². The highest BCUT2D eigenvalue weighted by Crippen LogP contribution is 2.28. The van der Waals surface area contributed by atoms with E-state index in [1.165, 1.54) is 5.56 Å². The first-order valence-electron chi connectivity index (χ1n) is 6.52. The second-order valence-corrected chi connectivity index (χ2v) is 5.38. The van der Waals surface area contributed by atoms with Crippen LogP contribution in [0.4, 0.5) is 0 Å². The van der Waals surface area contributed by atoms with Crippen molar-refractivity contribution in [1.82, 2.24) is 4.90 Å². The Morgan fingerprint density at radius 2 is 2.17 bits per heavy atom. The van der Waals surface area contributed by atoms with Crippen molar-refractivity contribution in [2.45, 2.75) is 25.4 Å². The van der Waals surface area contributed by atoms with Gasteiger partial charge in [-0.15, -0.1) is 0 Å². The smallest absolute Gasteiger partial charge is 0.138 e. The molecule has 1 saturated heterocycles. The zero-order valence-corrected chi connectivity index (χ0v) is 11.6. The van der Waals surface area contributed by atoms with Gasteiger partial charge >= 0.3 is 0 Å². The molecular weight excluding hydrogens is 248 g/mol. The van der Waals surface area contributed by atoms with Crippen LogP contribution in [0.15, 0.2) is 18.2 Å². The number of likely N-dealkylation sites (tertiary alicyclic amines) is 1. The summed E-state index contributed by atoms with van der Waals surface area (Å²) in [5, 5.41) is 0.717. The minimum Gasteiger partial charge on any atom is -0.486 e. The molecule has 0 radical (unpaired) electrons. The van der Waals surface area contributed by atoms with E-state index in [0.717, 1.165) is 49.7 Å². The highest BCUT2D eigenvalue weighted by molar-refractivity contribution is 6.32. The molecule has 1 aromatic rings. The number of nitrogens with zero attached hydrogens (tertiary/aromatic N) is 1. The number of hydrogen-bond donors (Lipinski definition) is 1. The van der Waals surface area contributed by atoms with Crippen LogP contribution in [0.5, 0.6) is 5.75 Å². The van der Waals surface area contributed by atoms with Gasteiger partial charge in [-0.05, 0) is 50.6 Å². The molecule has 0 unspecified atom stereocenters. The summed E-state index contributed by atoms with van der Waals surface area (Å²) >= 11 is 6.24. The van der Waals surface area contributed by atoms with Gasteiger partial charge in [0.05, 0.1) is 5.02 Å². The first-order valence-corrected chi connectivity index (χ1v) is 6.90. The third-order valence-electron chi connectivity index (χ3n) is 3.24. The van der Waals surface area contributed by atoms with Crippen molar-refractivity contribution in [3.05, 3.63) is 28.8 Å². The quantitative estimate of drug-likeness (QED) is 0.805. The summed E-state index contributed by atoms with van der Waals surface area (Å²) < 4.78 is 5.84. The lowest BCUT2D eigenvalue weighted by molar-refractivity contribution is 0.0389. The maximum absolute atomic E-state index is 6.24. The minimum absolute atomic E-state index is 0.288. The number of ether oxygens (including phenoxy) is 1. The molecule has 0 saturated carbocycles. The normalized spacial score (nSPS) is 16.6. The molecule has 0 bridgehead atoms. The third-order valence-corrected chi connectivity index (χ3v) is 3.54. The lowest BCUT2D eigenvalue weighted by atomic mass is 10.1. The molecule has 1 aliphatic rings. The van der Waals surface area contributed by atoms with E-state index in [0.29, 0.717) is 0 Å². The standard InChI is InChI=1S/C14H21ClN2O/c1-17-9-12(10-17)18-14-6-5-11(8-13(14)15)4-2-3-7-16/h5-6,8,12H,2-4,7,9-10,16H2,1H3. The Hall–Kier alpha value is -0.770.